The minimum atomic E-state index is -1.69. The maximum Gasteiger partial charge on any atom is 0.341 e. The van der Waals surface area contributed by atoms with Crippen LogP contribution in [0.5, 0.6) is 23.0 Å². The number of aromatic hydroxyl groups is 2. The van der Waals surface area contributed by atoms with Gasteiger partial charge in [0.25, 0.3) is 0 Å². The van der Waals surface area contributed by atoms with Crippen molar-refractivity contribution in [2.45, 2.75) is 5.60 Å². The molecule has 0 saturated carbocycles. The van der Waals surface area contributed by atoms with Gasteiger partial charge in [-0.1, -0.05) is 23.2 Å². The van der Waals surface area contributed by atoms with E-state index in [-0.39, 0.29) is 49.7 Å². The van der Waals surface area contributed by atoms with Crippen LogP contribution in [0.4, 0.5) is 0 Å². The first-order valence-corrected chi connectivity index (χ1v) is 9.33. The third-order valence-electron chi connectivity index (χ3n) is 5.16. The van der Waals surface area contributed by atoms with E-state index in [2.05, 4.69) is 0 Å². The Hall–Kier alpha value is -3.42. The summed E-state index contributed by atoms with van der Waals surface area (Å²) in [4.78, 5) is 24.6. The van der Waals surface area contributed by atoms with E-state index in [1.807, 2.05) is 0 Å². The first-order chi connectivity index (χ1) is 14.2. The van der Waals surface area contributed by atoms with E-state index < -0.39 is 17.5 Å². The van der Waals surface area contributed by atoms with Crippen molar-refractivity contribution < 1.29 is 34.4 Å². The zero-order chi connectivity index (χ0) is 21.4. The smallest absolute Gasteiger partial charge is 0.341 e. The molecule has 0 atom stereocenters. The van der Waals surface area contributed by atoms with Crippen molar-refractivity contribution in [3.8, 4) is 23.0 Å². The summed E-state index contributed by atoms with van der Waals surface area (Å²) < 4.78 is 11.7. The number of phenols is 2. The molecule has 9 heteroatoms. The predicted octanol–water partition coefficient (Wildman–Crippen LogP) is 4.67. The van der Waals surface area contributed by atoms with Gasteiger partial charge in [0.05, 0.1) is 21.2 Å². The number of fused-ring (bicyclic) bond motifs is 6. The molecule has 0 aliphatic carbocycles. The monoisotopic (exact) mass is 444 g/mol. The number of carbonyl (C=O) groups excluding carboxylic acids is 1. The standard InChI is InChI=1S/C21H10Cl2O7/c22-13-7-10(19(26)27)18(23)17-16(13)20(28)30-21(17)11-3-1-8(24)5-14(11)29-15-6-9(25)2-4-12(15)21/h1-7,24-25H,(H,26,27). The highest BCUT2D eigenvalue weighted by Gasteiger charge is 2.56. The van der Waals surface area contributed by atoms with Crippen LogP contribution in [0.1, 0.15) is 37.4 Å². The number of carboxylic acid groups (broad SMARTS) is 1. The van der Waals surface area contributed by atoms with Crippen molar-refractivity contribution in [1.29, 1.82) is 0 Å². The van der Waals surface area contributed by atoms with Crippen LogP contribution in [0.15, 0.2) is 42.5 Å². The highest BCUT2D eigenvalue weighted by Crippen LogP contribution is 2.59. The van der Waals surface area contributed by atoms with Crippen molar-refractivity contribution in [1.82, 2.24) is 0 Å². The van der Waals surface area contributed by atoms with E-state index in [0.29, 0.717) is 11.1 Å². The number of hydrogen-bond acceptors (Lipinski definition) is 6. The molecule has 0 saturated heterocycles. The van der Waals surface area contributed by atoms with Crippen LogP contribution in [-0.2, 0) is 10.3 Å². The largest absolute Gasteiger partial charge is 0.508 e. The molecule has 0 radical (unpaired) electrons. The summed E-state index contributed by atoms with van der Waals surface area (Å²) in [5.74, 6) is -2.07. The normalized spacial score (nSPS) is 15.1. The molecule has 0 amide bonds. The second-order valence-electron chi connectivity index (χ2n) is 6.81. The molecule has 0 unspecified atom stereocenters. The Labute approximate surface area is 178 Å². The molecule has 5 rings (SSSR count). The highest BCUT2D eigenvalue weighted by atomic mass is 35.5. The lowest BCUT2D eigenvalue weighted by molar-refractivity contribution is 0.0224. The molecule has 3 N–H and O–H groups in total. The Bertz CT molecular complexity index is 1250. The lowest BCUT2D eigenvalue weighted by Gasteiger charge is -2.37. The Balaban J connectivity index is 1.97. The number of phenolic OH excluding ortho intramolecular Hbond substituents is 2. The summed E-state index contributed by atoms with van der Waals surface area (Å²) in [6.45, 7) is 0. The zero-order valence-electron chi connectivity index (χ0n) is 14.8. The van der Waals surface area contributed by atoms with Crippen molar-refractivity contribution in [3.63, 3.8) is 0 Å². The molecule has 1 spiro atoms. The van der Waals surface area contributed by atoms with E-state index in [9.17, 15) is 24.9 Å². The van der Waals surface area contributed by atoms with Gasteiger partial charge in [-0.3, -0.25) is 0 Å². The third-order valence-corrected chi connectivity index (χ3v) is 5.85. The molecule has 0 aromatic heterocycles. The summed E-state index contributed by atoms with van der Waals surface area (Å²) in [5.41, 5.74) is -1.38. The average Bonchev–Trinajstić information content (AvgIpc) is 2.98. The Morgan fingerprint density at radius 3 is 2.03 bits per heavy atom. The molecule has 30 heavy (non-hydrogen) atoms. The molecule has 7 nitrogen and oxygen atoms in total. The molecular weight excluding hydrogens is 435 g/mol. The SMILES string of the molecule is O=C(O)c1cc(Cl)c2c(c1Cl)C1(OC2=O)c2ccc(O)cc2Oc2cc(O)ccc21. The van der Waals surface area contributed by atoms with E-state index in [0.717, 1.165) is 6.07 Å². The fourth-order valence-corrected chi connectivity index (χ4v) is 4.61. The summed E-state index contributed by atoms with van der Waals surface area (Å²) in [5, 5.41) is 29.1. The van der Waals surface area contributed by atoms with Gasteiger partial charge in [0.1, 0.15) is 23.0 Å². The molecule has 3 aromatic rings. The molecule has 2 heterocycles. The zero-order valence-corrected chi connectivity index (χ0v) is 16.3. The van der Waals surface area contributed by atoms with Crippen molar-refractivity contribution >= 4 is 35.1 Å². The van der Waals surface area contributed by atoms with Gasteiger partial charge in [-0.15, -0.1) is 0 Å². The second kappa shape index (κ2) is 6.04. The number of benzene rings is 3. The Morgan fingerprint density at radius 2 is 1.50 bits per heavy atom. The maximum atomic E-state index is 12.9. The van der Waals surface area contributed by atoms with Crippen LogP contribution >= 0.6 is 23.2 Å². The summed E-state index contributed by atoms with van der Waals surface area (Å²) >= 11 is 12.8. The summed E-state index contributed by atoms with van der Waals surface area (Å²) in [6, 6.07) is 9.44. The maximum absolute atomic E-state index is 12.9. The van der Waals surface area contributed by atoms with Crippen molar-refractivity contribution in [2.24, 2.45) is 0 Å². The van der Waals surface area contributed by atoms with E-state index >= 15 is 0 Å². The number of ether oxygens (including phenoxy) is 2. The van der Waals surface area contributed by atoms with Crippen LogP contribution in [-0.4, -0.2) is 27.3 Å². The van der Waals surface area contributed by atoms with Crippen LogP contribution in [0.2, 0.25) is 10.0 Å². The molecule has 3 aromatic carbocycles. The minimum absolute atomic E-state index is 0.0567. The van der Waals surface area contributed by atoms with Crippen molar-refractivity contribution in [2.75, 3.05) is 0 Å². The van der Waals surface area contributed by atoms with Crippen LogP contribution < -0.4 is 4.74 Å². The first kappa shape index (κ1) is 18.6. The molecule has 2 aliphatic rings. The fourth-order valence-electron chi connectivity index (χ4n) is 3.97. The van der Waals surface area contributed by atoms with Gasteiger partial charge in [-0.2, -0.15) is 0 Å². The van der Waals surface area contributed by atoms with E-state index in [4.69, 9.17) is 32.7 Å². The predicted molar refractivity (Wildman–Crippen MR) is 105 cm³/mol. The van der Waals surface area contributed by atoms with Crippen LogP contribution in [0, 0.1) is 0 Å². The Morgan fingerprint density at radius 1 is 0.933 bits per heavy atom. The summed E-state index contributed by atoms with van der Waals surface area (Å²) in [6.07, 6.45) is 0. The molecule has 0 bridgehead atoms. The van der Waals surface area contributed by atoms with Crippen molar-refractivity contribution in [3.05, 3.63) is 80.3 Å². The number of carbonyl (C=O) groups is 2. The fraction of sp³-hybridized carbons (Fsp3) is 0.0476. The quantitative estimate of drug-likeness (QED) is 0.467. The van der Waals surface area contributed by atoms with Gasteiger partial charge in [0, 0.05) is 28.8 Å². The average molecular weight is 445 g/mol. The number of halogens is 2. The first-order valence-electron chi connectivity index (χ1n) is 8.58. The molecule has 0 fully saturated rings. The number of hydrogen-bond donors (Lipinski definition) is 3. The lowest BCUT2D eigenvalue weighted by atomic mass is 9.77. The van der Waals surface area contributed by atoms with Gasteiger partial charge in [0.15, 0.2) is 5.60 Å². The topological polar surface area (TPSA) is 113 Å². The van der Waals surface area contributed by atoms with Gasteiger partial charge >= 0.3 is 11.9 Å². The van der Waals surface area contributed by atoms with Gasteiger partial charge in [0.2, 0.25) is 0 Å². The number of carboxylic acids is 1. The second-order valence-corrected chi connectivity index (χ2v) is 7.59. The highest BCUT2D eigenvalue weighted by molar-refractivity contribution is 6.39. The molecular formula is C21H10Cl2O7. The molecule has 2 aliphatic heterocycles. The van der Waals surface area contributed by atoms with E-state index in [1.54, 1.807) is 0 Å². The Kier molecular flexibility index (Phi) is 3.75. The van der Waals surface area contributed by atoms with Crippen LogP contribution in [0.3, 0.4) is 0 Å². The van der Waals surface area contributed by atoms with Gasteiger partial charge in [-0.25, -0.2) is 9.59 Å². The third kappa shape index (κ3) is 2.27. The van der Waals surface area contributed by atoms with E-state index in [1.165, 1.54) is 36.4 Å². The number of rotatable bonds is 1. The van der Waals surface area contributed by atoms with Gasteiger partial charge < -0.3 is 24.8 Å². The minimum Gasteiger partial charge on any atom is -0.508 e. The number of esters is 1. The summed E-state index contributed by atoms with van der Waals surface area (Å²) in [7, 11) is 0. The molecule has 150 valence electrons. The van der Waals surface area contributed by atoms with Gasteiger partial charge in [-0.05, 0) is 30.3 Å². The lowest BCUT2D eigenvalue weighted by Crippen LogP contribution is -2.33. The number of aromatic carboxylic acids is 1. The van der Waals surface area contributed by atoms with Crippen LogP contribution in [0.25, 0.3) is 0 Å².